The molecule has 0 spiro atoms. The summed E-state index contributed by atoms with van der Waals surface area (Å²) < 4.78 is 1.54. The van der Waals surface area contributed by atoms with Crippen LogP contribution >= 0.6 is 22.9 Å². The molecular formula is C16H16ClN5OS. The standard InChI is InChI=1S/C16H16ClN5OS/c1-2-15-19-11-3-5-21(6-4-13(11)24-15)16(23)12-7-14-18-8-10(17)9-22(14)20-12/h7-9H,2-6H2,1H3. The highest BCUT2D eigenvalue weighted by molar-refractivity contribution is 7.11. The summed E-state index contributed by atoms with van der Waals surface area (Å²) in [7, 11) is 0. The molecule has 0 fully saturated rings. The molecule has 0 radical (unpaired) electrons. The molecule has 0 atom stereocenters. The zero-order valence-corrected chi connectivity index (χ0v) is 14.8. The van der Waals surface area contributed by atoms with Gasteiger partial charge in [-0.15, -0.1) is 11.3 Å². The Morgan fingerprint density at radius 1 is 1.38 bits per heavy atom. The molecule has 4 rings (SSSR count). The third-order valence-electron chi connectivity index (χ3n) is 4.14. The Bertz CT molecular complexity index is 893. The number of nitrogens with zero attached hydrogens (tertiary/aromatic N) is 5. The third-order valence-corrected chi connectivity index (χ3v) is 5.64. The van der Waals surface area contributed by atoms with E-state index in [1.54, 1.807) is 34.3 Å². The Kier molecular flexibility index (Phi) is 3.97. The number of halogens is 1. The topological polar surface area (TPSA) is 63.4 Å². The van der Waals surface area contributed by atoms with Crippen molar-refractivity contribution in [3.63, 3.8) is 0 Å². The summed E-state index contributed by atoms with van der Waals surface area (Å²) in [6.45, 7) is 3.48. The van der Waals surface area contributed by atoms with Gasteiger partial charge in [0.15, 0.2) is 11.3 Å². The van der Waals surface area contributed by atoms with Crippen LogP contribution in [0.25, 0.3) is 5.65 Å². The lowest BCUT2D eigenvalue weighted by atomic mass is 10.2. The number of carbonyl (C=O) groups is 1. The van der Waals surface area contributed by atoms with E-state index in [2.05, 4.69) is 22.0 Å². The van der Waals surface area contributed by atoms with E-state index in [4.69, 9.17) is 11.6 Å². The summed E-state index contributed by atoms with van der Waals surface area (Å²) in [6, 6.07) is 1.70. The second-order valence-corrected chi connectivity index (χ2v) is 7.33. The average molecular weight is 362 g/mol. The molecule has 1 aliphatic rings. The Balaban J connectivity index is 1.55. The van der Waals surface area contributed by atoms with Gasteiger partial charge >= 0.3 is 0 Å². The number of carbonyl (C=O) groups excluding carboxylic acids is 1. The van der Waals surface area contributed by atoms with E-state index in [0.717, 1.165) is 25.0 Å². The minimum Gasteiger partial charge on any atom is -0.336 e. The summed E-state index contributed by atoms with van der Waals surface area (Å²) in [5, 5.41) is 5.98. The van der Waals surface area contributed by atoms with E-state index in [-0.39, 0.29) is 5.91 Å². The number of rotatable bonds is 2. The number of hydrogen-bond donors (Lipinski definition) is 0. The molecule has 0 aliphatic carbocycles. The minimum absolute atomic E-state index is 0.0671. The summed E-state index contributed by atoms with van der Waals surface area (Å²) in [6.07, 6.45) is 5.83. The molecule has 3 aromatic rings. The molecule has 124 valence electrons. The van der Waals surface area contributed by atoms with E-state index in [9.17, 15) is 4.79 Å². The molecule has 0 saturated heterocycles. The summed E-state index contributed by atoms with van der Waals surface area (Å²) >= 11 is 7.69. The van der Waals surface area contributed by atoms with Crippen LogP contribution < -0.4 is 0 Å². The quantitative estimate of drug-likeness (QED) is 0.704. The van der Waals surface area contributed by atoms with Crippen molar-refractivity contribution in [2.45, 2.75) is 26.2 Å². The number of thiazole rings is 1. The monoisotopic (exact) mass is 361 g/mol. The van der Waals surface area contributed by atoms with Gasteiger partial charge in [0.25, 0.3) is 5.91 Å². The Labute approximate surface area is 148 Å². The molecule has 0 aromatic carbocycles. The van der Waals surface area contributed by atoms with Gasteiger partial charge in [-0.05, 0) is 6.42 Å². The molecule has 0 bridgehead atoms. The molecule has 4 heterocycles. The predicted octanol–water partition coefficient (Wildman–Crippen LogP) is 2.64. The number of aryl methyl sites for hydroxylation is 1. The molecule has 8 heteroatoms. The average Bonchev–Trinajstić information content (AvgIpc) is 3.12. The highest BCUT2D eigenvalue weighted by atomic mass is 35.5. The first-order valence-electron chi connectivity index (χ1n) is 7.91. The SMILES string of the molecule is CCc1nc2c(s1)CCN(C(=O)c1cc3ncc(Cl)cn3n1)CC2. The van der Waals surface area contributed by atoms with E-state index in [1.165, 1.54) is 9.88 Å². The van der Waals surface area contributed by atoms with Crippen LogP contribution in [0.15, 0.2) is 18.5 Å². The van der Waals surface area contributed by atoms with Crippen molar-refractivity contribution < 1.29 is 4.79 Å². The van der Waals surface area contributed by atoms with Crippen LogP contribution in [0, 0.1) is 0 Å². The summed E-state index contributed by atoms with van der Waals surface area (Å²) in [5.41, 5.74) is 2.17. The van der Waals surface area contributed by atoms with Crippen LogP contribution in [0.4, 0.5) is 0 Å². The van der Waals surface area contributed by atoms with Crippen LogP contribution in [0.2, 0.25) is 5.02 Å². The van der Waals surface area contributed by atoms with Crippen molar-refractivity contribution in [1.29, 1.82) is 0 Å². The number of fused-ring (bicyclic) bond motifs is 2. The fraction of sp³-hybridized carbons (Fsp3) is 0.375. The maximum atomic E-state index is 12.8. The lowest BCUT2D eigenvalue weighted by molar-refractivity contribution is 0.0756. The van der Waals surface area contributed by atoms with E-state index < -0.39 is 0 Å². The lowest BCUT2D eigenvalue weighted by Crippen LogP contribution is -2.33. The van der Waals surface area contributed by atoms with Gasteiger partial charge in [-0.3, -0.25) is 4.79 Å². The van der Waals surface area contributed by atoms with Gasteiger partial charge in [-0.1, -0.05) is 18.5 Å². The van der Waals surface area contributed by atoms with Gasteiger partial charge in [-0.25, -0.2) is 14.5 Å². The largest absolute Gasteiger partial charge is 0.336 e. The van der Waals surface area contributed by atoms with Crippen LogP contribution in [0.3, 0.4) is 0 Å². The van der Waals surface area contributed by atoms with Gasteiger partial charge in [0.05, 0.1) is 21.9 Å². The van der Waals surface area contributed by atoms with Gasteiger partial charge in [-0.2, -0.15) is 5.10 Å². The van der Waals surface area contributed by atoms with Crippen molar-refractivity contribution in [2.75, 3.05) is 13.1 Å². The van der Waals surface area contributed by atoms with Crippen LogP contribution in [-0.2, 0) is 19.3 Å². The number of amides is 1. The number of aromatic nitrogens is 4. The van der Waals surface area contributed by atoms with Crippen LogP contribution in [0.5, 0.6) is 0 Å². The Hall–Kier alpha value is -1.99. The van der Waals surface area contributed by atoms with Crippen molar-refractivity contribution in [3.05, 3.63) is 44.8 Å². The van der Waals surface area contributed by atoms with Crippen molar-refractivity contribution >= 4 is 34.5 Å². The molecular weight excluding hydrogens is 346 g/mol. The maximum Gasteiger partial charge on any atom is 0.274 e. The van der Waals surface area contributed by atoms with Crippen molar-refractivity contribution in [1.82, 2.24) is 24.5 Å². The second kappa shape index (κ2) is 6.14. The first-order valence-corrected chi connectivity index (χ1v) is 9.11. The van der Waals surface area contributed by atoms with Crippen LogP contribution in [-0.4, -0.2) is 43.5 Å². The summed E-state index contributed by atoms with van der Waals surface area (Å²) in [4.78, 5) is 24.8. The maximum absolute atomic E-state index is 12.8. The smallest absolute Gasteiger partial charge is 0.274 e. The molecule has 0 unspecified atom stereocenters. The van der Waals surface area contributed by atoms with Gasteiger partial charge in [0.1, 0.15) is 0 Å². The number of hydrogen-bond acceptors (Lipinski definition) is 5. The minimum atomic E-state index is -0.0671. The summed E-state index contributed by atoms with van der Waals surface area (Å²) in [5.74, 6) is -0.0671. The molecule has 1 aliphatic heterocycles. The van der Waals surface area contributed by atoms with Gasteiger partial charge in [0.2, 0.25) is 0 Å². The molecule has 24 heavy (non-hydrogen) atoms. The van der Waals surface area contributed by atoms with Gasteiger partial charge in [0, 0.05) is 43.1 Å². The first kappa shape index (κ1) is 15.5. The van der Waals surface area contributed by atoms with E-state index in [1.807, 2.05) is 4.90 Å². The zero-order valence-electron chi connectivity index (χ0n) is 13.2. The fourth-order valence-corrected chi connectivity index (χ4v) is 4.08. The van der Waals surface area contributed by atoms with Crippen molar-refractivity contribution in [3.8, 4) is 0 Å². The predicted molar refractivity (Wildman–Crippen MR) is 92.8 cm³/mol. The Morgan fingerprint density at radius 3 is 3.04 bits per heavy atom. The molecule has 0 saturated carbocycles. The lowest BCUT2D eigenvalue weighted by Gasteiger charge is -2.18. The van der Waals surface area contributed by atoms with E-state index in [0.29, 0.717) is 29.5 Å². The first-order chi connectivity index (χ1) is 11.6. The second-order valence-electron chi connectivity index (χ2n) is 5.73. The van der Waals surface area contributed by atoms with Gasteiger partial charge < -0.3 is 4.90 Å². The van der Waals surface area contributed by atoms with Crippen LogP contribution in [0.1, 0.15) is 33.0 Å². The fourth-order valence-electron chi connectivity index (χ4n) is 2.89. The molecule has 3 aromatic heterocycles. The molecule has 6 nitrogen and oxygen atoms in total. The van der Waals surface area contributed by atoms with E-state index >= 15 is 0 Å². The highest BCUT2D eigenvalue weighted by Gasteiger charge is 2.24. The zero-order chi connectivity index (χ0) is 16.7. The normalized spacial score (nSPS) is 14.7. The third kappa shape index (κ3) is 2.78. The molecule has 0 N–H and O–H groups in total. The highest BCUT2D eigenvalue weighted by Crippen LogP contribution is 2.24. The Morgan fingerprint density at radius 2 is 2.21 bits per heavy atom. The molecule has 1 amide bonds. The van der Waals surface area contributed by atoms with Crippen molar-refractivity contribution in [2.24, 2.45) is 0 Å².